The van der Waals surface area contributed by atoms with Crippen LogP contribution in [-0.4, -0.2) is 26.2 Å². The zero-order chi connectivity index (χ0) is 15.1. The fourth-order valence-electron chi connectivity index (χ4n) is 2.88. The Morgan fingerprint density at radius 2 is 2.14 bits per heavy atom. The minimum Gasteiger partial charge on any atom is -0.463 e. The number of hydrogen-bond donors (Lipinski definition) is 1. The molecule has 2 rings (SSSR count). The van der Waals surface area contributed by atoms with E-state index in [4.69, 9.17) is 4.42 Å². The zero-order valence-corrected chi connectivity index (χ0v) is 13.0. The molecule has 1 heterocycles. The lowest BCUT2D eigenvalue weighted by molar-refractivity contribution is 0.0564. The van der Waals surface area contributed by atoms with Gasteiger partial charge < -0.3 is 14.5 Å². The van der Waals surface area contributed by atoms with Crippen molar-refractivity contribution in [1.82, 2.24) is 5.32 Å². The molecule has 1 aliphatic carbocycles. The molecule has 0 radical (unpaired) electrons. The van der Waals surface area contributed by atoms with Crippen molar-refractivity contribution in [1.29, 1.82) is 0 Å². The lowest BCUT2D eigenvalue weighted by atomic mass is 9.83. The average molecular weight is 291 g/mol. The van der Waals surface area contributed by atoms with E-state index < -0.39 is 5.97 Å². The molecule has 0 saturated heterocycles. The van der Waals surface area contributed by atoms with Gasteiger partial charge in [0, 0.05) is 6.54 Å². The van der Waals surface area contributed by atoms with E-state index >= 15 is 0 Å². The van der Waals surface area contributed by atoms with Crippen LogP contribution >= 0.6 is 0 Å². The first-order valence-electron chi connectivity index (χ1n) is 7.84. The maximum Gasteiger partial charge on any atom is 0.373 e. The summed E-state index contributed by atoms with van der Waals surface area (Å²) < 4.78 is 10.2. The minimum atomic E-state index is -0.430. The maximum absolute atomic E-state index is 11.4. The number of carbonyl (C=O) groups is 1. The SMILES string of the molecule is CCNC/C(=C/c1ccc(C(=O)OC)o1)C1CCCCC1. The number of rotatable bonds is 6. The van der Waals surface area contributed by atoms with Crippen LogP contribution in [0.2, 0.25) is 0 Å². The quantitative estimate of drug-likeness (QED) is 0.813. The van der Waals surface area contributed by atoms with Crippen molar-refractivity contribution in [3.8, 4) is 0 Å². The van der Waals surface area contributed by atoms with Crippen LogP contribution < -0.4 is 5.32 Å². The fourth-order valence-corrected chi connectivity index (χ4v) is 2.88. The Kier molecular flexibility index (Phi) is 6.05. The van der Waals surface area contributed by atoms with Crippen LogP contribution in [0.15, 0.2) is 22.1 Å². The van der Waals surface area contributed by atoms with E-state index in [1.165, 1.54) is 44.8 Å². The Bertz CT molecular complexity index is 484. The van der Waals surface area contributed by atoms with Crippen LogP contribution in [0.25, 0.3) is 6.08 Å². The van der Waals surface area contributed by atoms with Gasteiger partial charge in [0.25, 0.3) is 0 Å². The van der Waals surface area contributed by atoms with Gasteiger partial charge in [-0.3, -0.25) is 0 Å². The van der Waals surface area contributed by atoms with Gasteiger partial charge in [0.1, 0.15) is 5.76 Å². The highest BCUT2D eigenvalue weighted by molar-refractivity contribution is 5.86. The normalized spacial score (nSPS) is 17.0. The first kappa shape index (κ1) is 15.8. The van der Waals surface area contributed by atoms with E-state index in [2.05, 4.69) is 23.1 Å². The third kappa shape index (κ3) is 4.46. The molecule has 0 aliphatic heterocycles. The van der Waals surface area contributed by atoms with E-state index in [0.717, 1.165) is 18.8 Å². The molecule has 0 bridgehead atoms. The molecule has 0 atom stereocenters. The van der Waals surface area contributed by atoms with Crippen molar-refractivity contribution >= 4 is 12.0 Å². The highest BCUT2D eigenvalue weighted by Crippen LogP contribution is 2.30. The van der Waals surface area contributed by atoms with Crippen LogP contribution in [0.5, 0.6) is 0 Å². The van der Waals surface area contributed by atoms with Gasteiger partial charge in [-0.05, 0) is 49.1 Å². The van der Waals surface area contributed by atoms with E-state index in [0.29, 0.717) is 5.92 Å². The van der Waals surface area contributed by atoms with Crippen molar-refractivity contribution in [2.24, 2.45) is 5.92 Å². The molecule has 1 aromatic rings. The number of nitrogens with one attached hydrogen (secondary N) is 1. The number of ether oxygens (including phenoxy) is 1. The van der Waals surface area contributed by atoms with Crippen LogP contribution in [0.1, 0.15) is 55.3 Å². The largest absolute Gasteiger partial charge is 0.463 e. The second kappa shape index (κ2) is 8.03. The van der Waals surface area contributed by atoms with Gasteiger partial charge in [0.2, 0.25) is 5.76 Å². The summed E-state index contributed by atoms with van der Waals surface area (Å²) >= 11 is 0. The lowest BCUT2D eigenvalue weighted by Crippen LogP contribution is -2.22. The molecular formula is C17H25NO3. The first-order chi connectivity index (χ1) is 10.2. The second-order valence-corrected chi connectivity index (χ2v) is 5.53. The summed E-state index contributed by atoms with van der Waals surface area (Å²) in [5.41, 5.74) is 1.38. The molecule has 4 nitrogen and oxygen atoms in total. The topological polar surface area (TPSA) is 51.5 Å². The van der Waals surface area contributed by atoms with E-state index in [1.54, 1.807) is 6.07 Å². The molecule has 4 heteroatoms. The second-order valence-electron chi connectivity index (χ2n) is 5.53. The number of furan rings is 1. The lowest BCUT2D eigenvalue weighted by Gasteiger charge is -2.24. The highest BCUT2D eigenvalue weighted by atomic mass is 16.5. The van der Waals surface area contributed by atoms with Gasteiger partial charge in [-0.1, -0.05) is 26.2 Å². The van der Waals surface area contributed by atoms with Crippen molar-refractivity contribution in [2.75, 3.05) is 20.2 Å². The number of hydrogen-bond acceptors (Lipinski definition) is 4. The summed E-state index contributed by atoms with van der Waals surface area (Å²) in [7, 11) is 1.36. The summed E-state index contributed by atoms with van der Waals surface area (Å²) in [6, 6.07) is 3.50. The average Bonchev–Trinajstić information content (AvgIpc) is 3.00. The van der Waals surface area contributed by atoms with Crippen molar-refractivity contribution in [3.05, 3.63) is 29.2 Å². The van der Waals surface area contributed by atoms with Crippen molar-refractivity contribution < 1.29 is 13.9 Å². The molecule has 1 aromatic heterocycles. The standard InChI is InChI=1S/C17H25NO3/c1-3-18-12-14(13-7-5-4-6-8-13)11-15-9-10-16(21-15)17(19)20-2/h9-11,13,18H,3-8,12H2,1-2H3/b14-11-. The Morgan fingerprint density at radius 3 is 2.81 bits per heavy atom. The third-order valence-corrected chi connectivity index (χ3v) is 4.05. The molecule has 116 valence electrons. The summed E-state index contributed by atoms with van der Waals surface area (Å²) in [6.07, 6.45) is 8.55. The molecule has 0 amide bonds. The van der Waals surface area contributed by atoms with Crippen LogP contribution in [0.3, 0.4) is 0 Å². The predicted molar refractivity (Wildman–Crippen MR) is 83.1 cm³/mol. The predicted octanol–water partition coefficient (Wildman–Crippen LogP) is 3.64. The van der Waals surface area contributed by atoms with Gasteiger partial charge in [-0.15, -0.1) is 0 Å². The molecule has 0 aromatic carbocycles. The number of methoxy groups -OCH3 is 1. The van der Waals surface area contributed by atoms with Crippen LogP contribution in [-0.2, 0) is 4.74 Å². The van der Waals surface area contributed by atoms with Gasteiger partial charge in [0.15, 0.2) is 0 Å². The Balaban J connectivity index is 2.14. The van der Waals surface area contributed by atoms with E-state index in [1.807, 2.05) is 6.07 Å². The summed E-state index contributed by atoms with van der Waals surface area (Å²) in [6.45, 7) is 3.95. The molecule has 1 saturated carbocycles. The zero-order valence-electron chi connectivity index (χ0n) is 13.0. The van der Waals surface area contributed by atoms with Crippen molar-refractivity contribution in [3.63, 3.8) is 0 Å². The summed E-state index contributed by atoms with van der Waals surface area (Å²) in [5.74, 6) is 1.19. The highest BCUT2D eigenvalue weighted by Gasteiger charge is 2.18. The number of likely N-dealkylation sites (N-methyl/N-ethyl adjacent to an activating group) is 1. The van der Waals surface area contributed by atoms with Crippen LogP contribution in [0, 0.1) is 5.92 Å². The molecule has 0 unspecified atom stereocenters. The van der Waals surface area contributed by atoms with Gasteiger partial charge in [0.05, 0.1) is 7.11 Å². The monoisotopic (exact) mass is 291 g/mol. The Morgan fingerprint density at radius 1 is 1.38 bits per heavy atom. The Hall–Kier alpha value is -1.55. The first-order valence-corrected chi connectivity index (χ1v) is 7.84. The molecule has 1 fully saturated rings. The third-order valence-electron chi connectivity index (χ3n) is 4.05. The van der Waals surface area contributed by atoms with Gasteiger partial charge in [-0.25, -0.2) is 4.79 Å². The van der Waals surface area contributed by atoms with Gasteiger partial charge in [-0.2, -0.15) is 0 Å². The van der Waals surface area contributed by atoms with E-state index in [-0.39, 0.29) is 5.76 Å². The fraction of sp³-hybridized carbons (Fsp3) is 0.588. The molecule has 0 spiro atoms. The molecule has 1 N–H and O–H groups in total. The molecular weight excluding hydrogens is 266 g/mol. The summed E-state index contributed by atoms with van der Waals surface area (Å²) in [4.78, 5) is 11.4. The molecule has 1 aliphatic rings. The number of carbonyl (C=O) groups excluding carboxylic acids is 1. The maximum atomic E-state index is 11.4. The van der Waals surface area contributed by atoms with Gasteiger partial charge >= 0.3 is 5.97 Å². The van der Waals surface area contributed by atoms with Crippen LogP contribution in [0.4, 0.5) is 0 Å². The minimum absolute atomic E-state index is 0.259. The molecule has 21 heavy (non-hydrogen) atoms. The smallest absolute Gasteiger partial charge is 0.373 e. The van der Waals surface area contributed by atoms with E-state index in [9.17, 15) is 4.79 Å². The van der Waals surface area contributed by atoms with Crippen molar-refractivity contribution in [2.45, 2.75) is 39.0 Å². The summed E-state index contributed by atoms with van der Waals surface area (Å²) in [5, 5.41) is 3.41. The number of esters is 1. The Labute approximate surface area is 126 Å².